The zero-order valence-corrected chi connectivity index (χ0v) is 11.8. The van der Waals surface area contributed by atoms with E-state index in [9.17, 15) is 4.79 Å². The Morgan fingerprint density at radius 1 is 1.42 bits per heavy atom. The Hall–Kier alpha value is -2.04. The molecule has 1 aromatic carbocycles. The molecule has 1 rings (SSSR count). The van der Waals surface area contributed by atoms with Gasteiger partial charge in [-0.25, -0.2) is 0 Å². The Labute approximate surface area is 113 Å². The topological polar surface area (TPSA) is 87.7 Å². The molecule has 0 heterocycles. The van der Waals surface area contributed by atoms with Gasteiger partial charge in [-0.1, -0.05) is 36.7 Å². The first-order valence-corrected chi connectivity index (χ1v) is 6.11. The molecule has 0 saturated carbocycles. The molecule has 0 aliphatic carbocycles. The van der Waals surface area contributed by atoms with E-state index in [1.165, 1.54) is 0 Å². The van der Waals surface area contributed by atoms with Crippen LogP contribution >= 0.6 is 0 Å². The number of nitrogens with one attached hydrogen (secondary N) is 1. The quantitative estimate of drug-likeness (QED) is 0.335. The Kier molecular flexibility index (Phi) is 4.53. The van der Waals surface area contributed by atoms with Gasteiger partial charge in [0.05, 0.1) is 0 Å². The second kappa shape index (κ2) is 5.73. The molecule has 0 saturated heterocycles. The molecule has 1 amide bonds. The number of hydrogen-bond acceptors (Lipinski definition) is 3. The molecule has 0 aliphatic heterocycles. The summed E-state index contributed by atoms with van der Waals surface area (Å²) >= 11 is 0. The molecule has 4 N–H and O–H groups in total. The number of rotatable bonds is 4. The molecule has 0 aromatic heterocycles. The van der Waals surface area contributed by atoms with Crippen LogP contribution in [0.15, 0.2) is 23.4 Å². The maximum Gasteiger partial charge on any atom is 0.251 e. The minimum Gasteiger partial charge on any atom is -0.409 e. The smallest absolute Gasteiger partial charge is 0.251 e. The van der Waals surface area contributed by atoms with Crippen molar-refractivity contribution in [3.05, 3.63) is 34.9 Å². The molecule has 19 heavy (non-hydrogen) atoms. The van der Waals surface area contributed by atoms with Gasteiger partial charge in [-0.05, 0) is 25.5 Å². The fraction of sp³-hybridized carbons (Fsp3) is 0.429. The molecular weight excluding hydrogens is 242 g/mol. The van der Waals surface area contributed by atoms with E-state index in [1.807, 2.05) is 32.0 Å². The standard InChI is InChI=1S/C14H21N3O2/c1-9-5-6-10(2)11(7-9)12(18)16-8-14(3,4)13(15)17-19/h5-7,19H,8H2,1-4H3,(H2,15,17)(H,16,18). The molecule has 0 aliphatic rings. The van der Waals surface area contributed by atoms with Crippen molar-refractivity contribution in [2.24, 2.45) is 16.3 Å². The third kappa shape index (κ3) is 3.71. The number of nitrogens with zero attached hydrogens (tertiary/aromatic N) is 1. The van der Waals surface area contributed by atoms with Crippen LogP contribution in [0.3, 0.4) is 0 Å². The molecule has 0 unspecified atom stereocenters. The maximum absolute atomic E-state index is 12.1. The second-order valence-electron chi connectivity index (χ2n) is 5.37. The van der Waals surface area contributed by atoms with Crippen molar-refractivity contribution in [2.75, 3.05) is 6.54 Å². The molecule has 0 spiro atoms. The molecule has 0 bridgehead atoms. The van der Waals surface area contributed by atoms with Crippen LogP contribution in [0.4, 0.5) is 0 Å². The first kappa shape index (κ1) is 15.0. The zero-order chi connectivity index (χ0) is 14.6. The highest BCUT2D eigenvalue weighted by atomic mass is 16.4. The summed E-state index contributed by atoms with van der Waals surface area (Å²) in [4.78, 5) is 12.1. The number of amidine groups is 1. The van der Waals surface area contributed by atoms with E-state index in [1.54, 1.807) is 13.8 Å². The van der Waals surface area contributed by atoms with Crippen molar-refractivity contribution in [1.29, 1.82) is 0 Å². The summed E-state index contributed by atoms with van der Waals surface area (Å²) in [6.07, 6.45) is 0. The van der Waals surface area contributed by atoms with Gasteiger partial charge in [0.25, 0.3) is 5.91 Å². The van der Waals surface area contributed by atoms with Crippen LogP contribution in [0.25, 0.3) is 0 Å². The number of nitrogens with two attached hydrogens (primary N) is 1. The number of amides is 1. The zero-order valence-electron chi connectivity index (χ0n) is 11.8. The normalized spacial score (nSPS) is 12.3. The molecule has 0 fully saturated rings. The first-order valence-electron chi connectivity index (χ1n) is 6.11. The third-order valence-corrected chi connectivity index (χ3v) is 3.13. The average Bonchev–Trinajstić information content (AvgIpc) is 2.37. The van der Waals surface area contributed by atoms with Crippen molar-refractivity contribution in [1.82, 2.24) is 5.32 Å². The Morgan fingerprint density at radius 3 is 2.63 bits per heavy atom. The monoisotopic (exact) mass is 263 g/mol. The van der Waals surface area contributed by atoms with Crippen molar-refractivity contribution < 1.29 is 10.0 Å². The summed E-state index contributed by atoms with van der Waals surface area (Å²) in [6.45, 7) is 7.73. The van der Waals surface area contributed by atoms with Crippen LogP contribution in [-0.2, 0) is 0 Å². The van der Waals surface area contributed by atoms with Crippen molar-refractivity contribution in [3.63, 3.8) is 0 Å². The van der Waals surface area contributed by atoms with E-state index in [-0.39, 0.29) is 11.7 Å². The van der Waals surface area contributed by atoms with Crippen molar-refractivity contribution in [2.45, 2.75) is 27.7 Å². The SMILES string of the molecule is Cc1ccc(C)c(C(=O)NCC(C)(C)/C(N)=N/O)c1. The summed E-state index contributed by atoms with van der Waals surface area (Å²) in [5.74, 6) is -0.0613. The number of benzene rings is 1. The number of hydrogen-bond donors (Lipinski definition) is 3. The number of aryl methyl sites for hydroxylation is 2. The number of carbonyl (C=O) groups excluding carboxylic acids is 1. The van der Waals surface area contributed by atoms with Crippen LogP contribution in [0.1, 0.15) is 35.3 Å². The summed E-state index contributed by atoms with van der Waals surface area (Å²) in [5.41, 5.74) is 7.59. The summed E-state index contributed by atoms with van der Waals surface area (Å²) in [5, 5.41) is 14.5. The van der Waals surface area contributed by atoms with E-state index in [0.29, 0.717) is 12.1 Å². The first-order chi connectivity index (χ1) is 8.77. The van der Waals surface area contributed by atoms with Crippen LogP contribution < -0.4 is 11.1 Å². The van der Waals surface area contributed by atoms with Gasteiger partial charge >= 0.3 is 0 Å². The predicted molar refractivity (Wildman–Crippen MR) is 75.4 cm³/mol. The van der Waals surface area contributed by atoms with Gasteiger partial charge in [-0.2, -0.15) is 0 Å². The highest BCUT2D eigenvalue weighted by Gasteiger charge is 2.24. The Balaban J connectivity index is 2.79. The van der Waals surface area contributed by atoms with Gasteiger partial charge in [0.2, 0.25) is 0 Å². The van der Waals surface area contributed by atoms with Crippen LogP contribution in [0.5, 0.6) is 0 Å². The lowest BCUT2D eigenvalue weighted by Gasteiger charge is -2.23. The van der Waals surface area contributed by atoms with Crippen LogP contribution in [0.2, 0.25) is 0 Å². The van der Waals surface area contributed by atoms with Gasteiger partial charge in [0.1, 0.15) is 5.84 Å². The van der Waals surface area contributed by atoms with E-state index in [2.05, 4.69) is 10.5 Å². The largest absolute Gasteiger partial charge is 0.409 e. The molecule has 104 valence electrons. The van der Waals surface area contributed by atoms with Gasteiger partial charge < -0.3 is 16.3 Å². The molecule has 0 atom stereocenters. The minimum absolute atomic E-state index is 0.0914. The highest BCUT2D eigenvalue weighted by molar-refractivity contribution is 5.96. The van der Waals surface area contributed by atoms with Crippen LogP contribution in [-0.4, -0.2) is 23.5 Å². The number of carbonyl (C=O) groups is 1. The lowest BCUT2D eigenvalue weighted by Crippen LogP contribution is -2.42. The summed E-state index contributed by atoms with van der Waals surface area (Å²) in [7, 11) is 0. The lowest BCUT2D eigenvalue weighted by atomic mass is 9.92. The molecular formula is C14H21N3O2. The Morgan fingerprint density at radius 2 is 2.05 bits per heavy atom. The summed E-state index contributed by atoms with van der Waals surface area (Å²) in [6, 6.07) is 5.73. The fourth-order valence-corrected chi connectivity index (χ4v) is 1.60. The van der Waals surface area contributed by atoms with Gasteiger partial charge in [-0.3, -0.25) is 4.79 Å². The average molecular weight is 263 g/mol. The molecule has 5 heteroatoms. The molecule has 1 aromatic rings. The van der Waals surface area contributed by atoms with E-state index < -0.39 is 5.41 Å². The highest BCUT2D eigenvalue weighted by Crippen LogP contribution is 2.15. The van der Waals surface area contributed by atoms with Crippen molar-refractivity contribution in [3.8, 4) is 0 Å². The molecule has 5 nitrogen and oxygen atoms in total. The third-order valence-electron chi connectivity index (χ3n) is 3.13. The molecule has 0 radical (unpaired) electrons. The lowest BCUT2D eigenvalue weighted by molar-refractivity contribution is 0.0943. The minimum atomic E-state index is -0.595. The summed E-state index contributed by atoms with van der Waals surface area (Å²) < 4.78 is 0. The number of oxime groups is 1. The van der Waals surface area contributed by atoms with Crippen LogP contribution in [0, 0.1) is 19.3 Å². The Bertz CT molecular complexity index is 507. The van der Waals surface area contributed by atoms with Gasteiger partial charge in [0, 0.05) is 17.5 Å². The van der Waals surface area contributed by atoms with Gasteiger partial charge in [-0.15, -0.1) is 0 Å². The van der Waals surface area contributed by atoms with Crippen molar-refractivity contribution >= 4 is 11.7 Å². The van der Waals surface area contributed by atoms with E-state index in [4.69, 9.17) is 10.9 Å². The van der Waals surface area contributed by atoms with E-state index >= 15 is 0 Å². The van der Waals surface area contributed by atoms with E-state index in [0.717, 1.165) is 11.1 Å². The maximum atomic E-state index is 12.1. The van der Waals surface area contributed by atoms with Gasteiger partial charge in [0.15, 0.2) is 0 Å². The fourth-order valence-electron chi connectivity index (χ4n) is 1.60. The predicted octanol–water partition coefficient (Wildman–Crippen LogP) is 1.81. The second-order valence-corrected chi connectivity index (χ2v) is 5.37.